The Bertz CT molecular complexity index is 1100. The van der Waals surface area contributed by atoms with Gasteiger partial charge in [0.25, 0.3) is 0 Å². The van der Waals surface area contributed by atoms with Crippen molar-refractivity contribution in [3.8, 4) is 22.7 Å². The minimum Gasteiger partial charge on any atom is -0.497 e. The quantitative estimate of drug-likeness (QED) is 0.390. The Hall–Kier alpha value is -2.99. The summed E-state index contributed by atoms with van der Waals surface area (Å²) in [4.78, 5) is 4.56. The summed E-state index contributed by atoms with van der Waals surface area (Å²) in [6.07, 6.45) is 8.64. The van der Waals surface area contributed by atoms with E-state index in [1.807, 2.05) is 41.2 Å². The van der Waals surface area contributed by atoms with Crippen LogP contribution in [0.25, 0.3) is 16.9 Å². The molecule has 0 radical (unpaired) electrons. The lowest BCUT2D eigenvalue weighted by Crippen LogP contribution is -1.95. The summed E-state index contributed by atoms with van der Waals surface area (Å²) in [6.45, 7) is 0. The molecule has 2 aromatic carbocycles. The number of methoxy groups -OCH3 is 1. The van der Waals surface area contributed by atoms with E-state index in [9.17, 15) is 0 Å². The van der Waals surface area contributed by atoms with E-state index in [1.54, 1.807) is 18.9 Å². The van der Waals surface area contributed by atoms with Gasteiger partial charge in [-0.25, -0.2) is 9.67 Å². The maximum absolute atomic E-state index is 5.31. The predicted molar refractivity (Wildman–Crippen MR) is 116 cm³/mol. The third kappa shape index (κ3) is 3.80. The van der Waals surface area contributed by atoms with Crippen LogP contribution in [0.2, 0.25) is 0 Å². The van der Waals surface area contributed by atoms with Crippen molar-refractivity contribution in [3.63, 3.8) is 0 Å². The molecule has 0 spiro atoms. The molecule has 1 fully saturated rings. The molecule has 0 amide bonds. The van der Waals surface area contributed by atoms with E-state index in [1.165, 1.54) is 18.4 Å². The molecule has 0 unspecified atom stereocenters. The molecule has 0 saturated heterocycles. The first-order valence-electron chi connectivity index (χ1n) is 9.76. The van der Waals surface area contributed by atoms with Crippen LogP contribution in [-0.2, 0) is 5.75 Å². The zero-order chi connectivity index (χ0) is 19.6. The minimum atomic E-state index is 0.633. The second-order valence-corrected chi connectivity index (χ2v) is 8.09. The van der Waals surface area contributed by atoms with Crippen molar-refractivity contribution in [3.05, 3.63) is 78.8 Å². The van der Waals surface area contributed by atoms with Crippen LogP contribution in [0.4, 0.5) is 0 Å². The van der Waals surface area contributed by atoms with Crippen LogP contribution in [0.1, 0.15) is 24.4 Å². The van der Waals surface area contributed by atoms with Crippen LogP contribution in [-0.4, -0.2) is 26.4 Å². The number of hydrogen-bond donors (Lipinski definition) is 0. The summed E-state index contributed by atoms with van der Waals surface area (Å²) in [5, 5.41) is 6.00. The zero-order valence-corrected chi connectivity index (χ0v) is 17.0. The van der Waals surface area contributed by atoms with Crippen LogP contribution in [0.5, 0.6) is 5.75 Å². The molecule has 0 N–H and O–H groups in total. The Morgan fingerprint density at radius 3 is 2.59 bits per heavy atom. The lowest BCUT2D eigenvalue weighted by atomic mass is 10.1. The first-order chi connectivity index (χ1) is 14.3. The topological polar surface area (TPSA) is 44.9 Å². The number of rotatable bonds is 7. The van der Waals surface area contributed by atoms with E-state index in [2.05, 4.69) is 46.2 Å². The fourth-order valence-electron chi connectivity index (χ4n) is 3.40. The number of aromatic nitrogens is 4. The zero-order valence-electron chi connectivity index (χ0n) is 16.2. The highest BCUT2D eigenvalue weighted by Crippen LogP contribution is 2.39. The Kier molecular flexibility index (Phi) is 4.86. The van der Waals surface area contributed by atoms with Gasteiger partial charge in [-0.1, -0.05) is 30.0 Å². The molecule has 29 heavy (non-hydrogen) atoms. The molecular formula is C23H22N4OS. The number of ether oxygens (including phenoxy) is 1. The Morgan fingerprint density at radius 2 is 1.86 bits per heavy atom. The van der Waals surface area contributed by atoms with Crippen molar-refractivity contribution >= 4 is 11.8 Å². The molecule has 146 valence electrons. The molecule has 2 aromatic heterocycles. The first-order valence-corrected chi connectivity index (χ1v) is 10.7. The molecular weight excluding hydrogens is 380 g/mol. The molecule has 5 rings (SSSR count). The van der Waals surface area contributed by atoms with Gasteiger partial charge < -0.3 is 9.30 Å². The van der Waals surface area contributed by atoms with Crippen molar-refractivity contribution in [2.75, 3.05) is 7.11 Å². The van der Waals surface area contributed by atoms with E-state index < -0.39 is 0 Å². The lowest BCUT2D eigenvalue weighted by Gasteiger charge is -2.06. The van der Waals surface area contributed by atoms with Gasteiger partial charge >= 0.3 is 0 Å². The number of benzene rings is 2. The molecule has 4 aromatic rings. The van der Waals surface area contributed by atoms with Crippen LogP contribution < -0.4 is 4.74 Å². The van der Waals surface area contributed by atoms with Gasteiger partial charge in [-0.05, 0) is 49.2 Å². The van der Waals surface area contributed by atoms with Crippen LogP contribution in [0.15, 0.2) is 78.3 Å². The lowest BCUT2D eigenvalue weighted by molar-refractivity contribution is 0.415. The predicted octanol–water partition coefficient (Wildman–Crippen LogP) is 5.37. The SMILES string of the molecule is COc1ccc(-c2nn(-c3ccccc3)cc2CSc2nccn2C2CC2)cc1. The second kappa shape index (κ2) is 7.79. The summed E-state index contributed by atoms with van der Waals surface area (Å²) < 4.78 is 9.57. The molecule has 1 aliphatic rings. The highest BCUT2D eigenvalue weighted by atomic mass is 32.2. The van der Waals surface area contributed by atoms with E-state index >= 15 is 0 Å². The van der Waals surface area contributed by atoms with Crippen LogP contribution in [0, 0.1) is 0 Å². The number of thioether (sulfide) groups is 1. The van der Waals surface area contributed by atoms with Gasteiger partial charge in [0.15, 0.2) is 5.16 Å². The smallest absolute Gasteiger partial charge is 0.168 e. The molecule has 0 aliphatic heterocycles. The summed E-state index contributed by atoms with van der Waals surface area (Å²) in [5.41, 5.74) is 4.32. The Balaban J connectivity index is 1.48. The molecule has 2 heterocycles. The maximum Gasteiger partial charge on any atom is 0.168 e. The summed E-state index contributed by atoms with van der Waals surface area (Å²) >= 11 is 1.77. The Labute approximate surface area is 174 Å². The van der Waals surface area contributed by atoms with Gasteiger partial charge in [-0.15, -0.1) is 0 Å². The number of imidazole rings is 1. The highest BCUT2D eigenvalue weighted by molar-refractivity contribution is 7.98. The van der Waals surface area contributed by atoms with Gasteiger partial charge in [-0.3, -0.25) is 0 Å². The third-order valence-corrected chi connectivity index (χ3v) is 6.13. The van der Waals surface area contributed by atoms with Gasteiger partial charge in [0, 0.05) is 41.5 Å². The molecule has 1 saturated carbocycles. The largest absolute Gasteiger partial charge is 0.497 e. The van der Waals surface area contributed by atoms with Gasteiger partial charge in [0.05, 0.1) is 18.5 Å². The van der Waals surface area contributed by atoms with E-state index in [-0.39, 0.29) is 0 Å². The molecule has 6 heteroatoms. The van der Waals surface area contributed by atoms with Crippen LogP contribution in [0.3, 0.4) is 0 Å². The number of hydrogen-bond acceptors (Lipinski definition) is 4. The summed E-state index contributed by atoms with van der Waals surface area (Å²) in [7, 11) is 1.68. The van der Waals surface area contributed by atoms with Crippen molar-refractivity contribution in [2.24, 2.45) is 0 Å². The third-order valence-electron chi connectivity index (χ3n) is 5.10. The van der Waals surface area contributed by atoms with E-state index in [0.717, 1.165) is 33.6 Å². The van der Waals surface area contributed by atoms with Gasteiger partial charge in [-0.2, -0.15) is 5.10 Å². The standard InChI is InChI=1S/C23H22N4OS/c1-28-21-11-7-17(8-12-21)22-18(15-27(25-22)20-5-3-2-4-6-20)16-29-23-24-13-14-26(23)19-9-10-19/h2-8,11-15,19H,9-10,16H2,1H3. The molecule has 0 bridgehead atoms. The van der Waals surface area contributed by atoms with E-state index in [0.29, 0.717) is 6.04 Å². The second-order valence-electron chi connectivity index (χ2n) is 7.15. The fraction of sp³-hybridized carbons (Fsp3) is 0.217. The normalized spacial score (nSPS) is 13.6. The van der Waals surface area contributed by atoms with Crippen molar-refractivity contribution in [1.82, 2.24) is 19.3 Å². The van der Waals surface area contributed by atoms with Gasteiger partial charge in [0.1, 0.15) is 5.75 Å². The molecule has 5 nitrogen and oxygen atoms in total. The average molecular weight is 403 g/mol. The maximum atomic E-state index is 5.31. The minimum absolute atomic E-state index is 0.633. The van der Waals surface area contributed by atoms with Gasteiger partial charge in [0.2, 0.25) is 0 Å². The van der Waals surface area contributed by atoms with Crippen molar-refractivity contribution in [1.29, 1.82) is 0 Å². The van der Waals surface area contributed by atoms with Crippen molar-refractivity contribution < 1.29 is 4.74 Å². The summed E-state index contributed by atoms with van der Waals surface area (Å²) in [5.74, 6) is 1.66. The number of para-hydroxylation sites is 1. The van der Waals surface area contributed by atoms with E-state index in [4.69, 9.17) is 9.84 Å². The summed E-state index contributed by atoms with van der Waals surface area (Å²) in [6, 6.07) is 18.9. The number of nitrogens with zero attached hydrogens (tertiary/aromatic N) is 4. The highest BCUT2D eigenvalue weighted by Gasteiger charge is 2.25. The average Bonchev–Trinajstić information content (AvgIpc) is 3.36. The monoisotopic (exact) mass is 402 g/mol. The van der Waals surface area contributed by atoms with Crippen molar-refractivity contribution in [2.45, 2.75) is 29.8 Å². The fourth-order valence-corrected chi connectivity index (χ4v) is 4.39. The first kappa shape index (κ1) is 18.1. The Morgan fingerprint density at radius 1 is 1.07 bits per heavy atom. The molecule has 1 aliphatic carbocycles. The van der Waals surface area contributed by atoms with Crippen LogP contribution >= 0.6 is 11.8 Å². The molecule has 0 atom stereocenters.